The van der Waals surface area contributed by atoms with Crippen LogP contribution in [0.15, 0.2) is 22.6 Å². The van der Waals surface area contributed by atoms with Gasteiger partial charge < -0.3 is 5.73 Å². The second-order valence-corrected chi connectivity index (χ2v) is 2.69. The molecule has 0 fully saturated rings. The standard InChI is InChI=1S/C8H18N4/c1-4-5-6-7-10-11-12(3)8(2)9/h6-8H,4-5,9H2,1-3H3/b7-6+,11-10-. The Labute approximate surface area is 74.1 Å². The van der Waals surface area contributed by atoms with E-state index in [1.165, 1.54) is 0 Å². The lowest BCUT2D eigenvalue weighted by Gasteiger charge is -2.14. The van der Waals surface area contributed by atoms with E-state index in [-0.39, 0.29) is 6.17 Å². The minimum Gasteiger partial charge on any atom is -0.310 e. The molecule has 0 aliphatic carbocycles. The van der Waals surface area contributed by atoms with E-state index in [2.05, 4.69) is 17.3 Å². The molecule has 0 bridgehead atoms. The lowest BCUT2D eigenvalue weighted by Crippen LogP contribution is -2.31. The topological polar surface area (TPSA) is 54.0 Å². The highest BCUT2D eigenvalue weighted by Crippen LogP contribution is 1.92. The molecule has 0 saturated heterocycles. The summed E-state index contributed by atoms with van der Waals surface area (Å²) in [6, 6.07) is 0. The summed E-state index contributed by atoms with van der Waals surface area (Å²) < 4.78 is 0. The summed E-state index contributed by atoms with van der Waals surface area (Å²) >= 11 is 0. The predicted octanol–water partition coefficient (Wildman–Crippen LogP) is 1.90. The summed E-state index contributed by atoms with van der Waals surface area (Å²) in [5.74, 6) is 0. The fourth-order valence-electron chi connectivity index (χ4n) is 0.481. The molecule has 0 radical (unpaired) electrons. The maximum Gasteiger partial charge on any atom is 0.0924 e. The maximum atomic E-state index is 5.52. The van der Waals surface area contributed by atoms with Gasteiger partial charge in [-0.1, -0.05) is 24.6 Å². The van der Waals surface area contributed by atoms with E-state index in [1.807, 2.05) is 13.0 Å². The smallest absolute Gasteiger partial charge is 0.0924 e. The van der Waals surface area contributed by atoms with Gasteiger partial charge in [-0.2, -0.15) is 0 Å². The average molecular weight is 170 g/mol. The number of hydrogen-bond acceptors (Lipinski definition) is 3. The first-order valence-electron chi connectivity index (χ1n) is 4.22. The van der Waals surface area contributed by atoms with E-state index in [4.69, 9.17) is 5.73 Å². The Bertz CT molecular complexity index is 151. The van der Waals surface area contributed by atoms with Crippen molar-refractivity contribution in [2.45, 2.75) is 32.9 Å². The Balaban J connectivity index is 3.60. The van der Waals surface area contributed by atoms with E-state index in [0.717, 1.165) is 12.8 Å². The molecule has 0 rings (SSSR count). The molecule has 4 nitrogen and oxygen atoms in total. The van der Waals surface area contributed by atoms with Gasteiger partial charge in [-0.05, 0) is 13.3 Å². The van der Waals surface area contributed by atoms with Gasteiger partial charge in [0.1, 0.15) is 0 Å². The number of nitrogens with zero attached hydrogens (tertiary/aromatic N) is 3. The summed E-state index contributed by atoms with van der Waals surface area (Å²) in [5, 5.41) is 9.27. The van der Waals surface area contributed by atoms with Gasteiger partial charge in [0, 0.05) is 13.2 Å². The molecular weight excluding hydrogens is 152 g/mol. The van der Waals surface area contributed by atoms with E-state index in [0.29, 0.717) is 0 Å². The van der Waals surface area contributed by atoms with Crippen molar-refractivity contribution in [1.29, 1.82) is 0 Å². The monoisotopic (exact) mass is 170 g/mol. The van der Waals surface area contributed by atoms with Crippen LogP contribution in [-0.2, 0) is 0 Å². The fraction of sp³-hybridized carbons (Fsp3) is 0.750. The van der Waals surface area contributed by atoms with Gasteiger partial charge in [0.05, 0.1) is 6.17 Å². The first kappa shape index (κ1) is 11.1. The fourth-order valence-corrected chi connectivity index (χ4v) is 0.481. The molecule has 0 aromatic rings. The molecule has 0 spiro atoms. The summed E-state index contributed by atoms with van der Waals surface area (Å²) in [6.07, 6.45) is 5.77. The SMILES string of the molecule is CCC/C=C/N=N\N(C)C(C)N. The number of allylic oxidation sites excluding steroid dienone is 1. The van der Waals surface area contributed by atoms with Crippen LogP contribution in [0.5, 0.6) is 0 Å². The molecule has 70 valence electrons. The van der Waals surface area contributed by atoms with E-state index in [9.17, 15) is 0 Å². The molecule has 0 aliphatic heterocycles. The van der Waals surface area contributed by atoms with Gasteiger partial charge in [-0.25, -0.2) is 0 Å². The van der Waals surface area contributed by atoms with Crippen molar-refractivity contribution in [1.82, 2.24) is 5.01 Å². The Morgan fingerprint density at radius 1 is 1.58 bits per heavy atom. The van der Waals surface area contributed by atoms with Gasteiger partial charge in [0.2, 0.25) is 0 Å². The quantitative estimate of drug-likeness (QED) is 0.389. The van der Waals surface area contributed by atoms with Crippen LogP contribution in [0.3, 0.4) is 0 Å². The molecule has 0 amide bonds. The summed E-state index contributed by atoms with van der Waals surface area (Å²) in [7, 11) is 1.79. The third kappa shape index (κ3) is 5.85. The van der Waals surface area contributed by atoms with E-state index < -0.39 is 0 Å². The van der Waals surface area contributed by atoms with Crippen LogP contribution in [-0.4, -0.2) is 18.2 Å². The average Bonchev–Trinajstić information content (AvgIpc) is 2.03. The molecule has 2 N–H and O–H groups in total. The van der Waals surface area contributed by atoms with E-state index in [1.54, 1.807) is 18.3 Å². The normalized spacial score (nSPS) is 14.3. The lowest BCUT2D eigenvalue weighted by atomic mass is 10.3. The minimum absolute atomic E-state index is 0.0895. The molecule has 0 heterocycles. The molecule has 0 aromatic carbocycles. The minimum atomic E-state index is -0.0895. The number of nitrogens with two attached hydrogens (primary N) is 1. The second-order valence-electron chi connectivity index (χ2n) is 2.69. The predicted molar refractivity (Wildman–Crippen MR) is 50.3 cm³/mol. The van der Waals surface area contributed by atoms with Crippen molar-refractivity contribution >= 4 is 0 Å². The van der Waals surface area contributed by atoms with Crippen molar-refractivity contribution < 1.29 is 0 Å². The Morgan fingerprint density at radius 2 is 2.25 bits per heavy atom. The molecule has 12 heavy (non-hydrogen) atoms. The first-order valence-corrected chi connectivity index (χ1v) is 4.22. The van der Waals surface area contributed by atoms with E-state index >= 15 is 0 Å². The van der Waals surface area contributed by atoms with Crippen molar-refractivity contribution in [2.75, 3.05) is 7.05 Å². The van der Waals surface area contributed by atoms with Crippen LogP contribution in [0.25, 0.3) is 0 Å². The zero-order chi connectivity index (χ0) is 9.40. The zero-order valence-corrected chi connectivity index (χ0v) is 8.07. The summed E-state index contributed by atoms with van der Waals surface area (Å²) in [4.78, 5) is 0. The molecule has 4 heteroatoms. The number of unbranched alkanes of at least 4 members (excludes halogenated alkanes) is 1. The molecule has 1 atom stereocenters. The zero-order valence-electron chi connectivity index (χ0n) is 8.07. The Hall–Kier alpha value is -0.900. The van der Waals surface area contributed by atoms with Crippen molar-refractivity contribution in [3.05, 3.63) is 12.3 Å². The van der Waals surface area contributed by atoms with Gasteiger partial charge >= 0.3 is 0 Å². The van der Waals surface area contributed by atoms with Gasteiger partial charge in [0.25, 0.3) is 0 Å². The van der Waals surface area contributed by atoms with Crippen LogP contribution in [0.2, 0.25) is 0 Å². The lowest BCUT2D eigenvalue weighted by molar-refractivity contribution is 0.259. The van der Waals surface area contributed by atoms with Gasteiger partial charge in [0.15, 0.2) is 0 Å². The summed E-state index contributed by atoms with van der Waals surface area (Å²) in [5.41, 5.74) is 5.52. The maximum absolute atomic E-state index is 5.52. The third-order valence-electron chi connectivity index (χ3n) is 1.41. The van der Waals surface area contributed by atoms with Crippen LogP contribution in [0.1, 0.15) is 26.7 Å². The van der Waals surface area contributed by atoms with Crippen LogP contribution < -0.4 is 5.73 Å². The van der Waals surface area contributed by atoms with Crippen LogP contribution in [0.4, 0.5) is 0 Å². The summed E-state index contributed by atoms with van der Waals surface area (Å²) in [6.45, 7) is 3.98. The van der Waals surface area contributed by atoms with Crippen molar-refractivity contribution in [3.8, 4) is 0 Å². The molecular formula is C8H18N4. The number of hydrogen-bond donors (Lipinski definition) is 1. The molecule has 0 aliphatic rings. The molecule has 1 unspecified atom stereocenters. The number of rotatable bonds is 5. The van der Waals surface area contributed by atoms with Crippen molar-refractivity contribution in [2.24, 2.45) is 16.1 Å². The third-order valence-corrected chi connectivity index (χ3v) is 1.41. The second kappa shape index (κ2) is 6.79. The van der Waals surface area contributed by atoms with Crippen molar-refractivity contribution in [3.63, 3.8) is 0 Å². The Kier molecular flexibility index (Phi) is 6.28. The van der Waals surface area contributed by atoms with Crippen LogP contribution in [0, 0.1) is 0 Å². The van der Waals surface area contributed by atoms with Crippen LogP contribution >= 0.6 is 0 Å². The highest BCUT2D eigenvalue weighted by atomic mass is 15.6. The molecule has 0 aromatic heterocycles. The highest BCUT2D eigenvalue weighted by Gasteiger charge is 1.96. The largest absolute Gasteiger partial charge is 0.310 e. The van der Waals surface area contributed by atoms with Gasteiger partial charge in [-0.15, -0.1) is 5.11 Å². The first-order chi connectivity index (χ1) is 5.68. The Morgan fingerprint density at radius 3 is 2.75 bits per heavy atom. The van der Waals surface area contributed by atoms with Gasteiger partial charge in [-0.3, -0.25) is 5.01 Å². The highest BCUT2D eigenvalue weighted by molar-refractivity contribution is 4.76. The molecule has 0 saturated carbocycles.